The number of benzene rings is 1. The number of likely N-dealkylation sites (N-methyl/N-ethyl adjacent to an activating group) is 1. The molecule has 1 aliphatic carbocycles. The second-order valence-corrected chi connectivity index (χ2v) is 7.23. The number of nitrogens with one attached hydrogen (secondary N) is 2. The molecular formula is C20H33Cl2N3O2. The minimum atomic E-state index is 0. The van der Waals surface area contributed by atoms with E-state index in [4.69, 9.17) is 4.74 Å². The number of rotatable bonds is 8. The number of amides is 1. The van der Waals surface area contributed by atoms with E-state index in [1.807, 2.05) is 24.3 Å². The summed E-state index contributed by atoms with van der Waals surface area (Å²) in [4.78, 5) is 15.0. The van der Waals surface area contributed by atoms with Crippen molar-refractivity contribution in [3.8, 4) is 5.75 Å². The molecule has 3 rings (SSSR count). The third-order valence-electron chi connectivity index (χ3n) is 5.81. The van der Waals surface area contributed by atoms with Crippen molar-refractivity contribution >= 4 is 36.4 Å². The first kappa shape index (κ1) is 24.0. The Morgan fingerprint density at radius 2 is 1.89 bits per heavy atom. The Balaban J connectivity index is 0.00000182. The Labute approximate surface area is 175 Å². The molecule has 1 saturated heterocycles. The number of hydrogen-bond acceptors (Lipinski definition) is 4. The van der Waals surface area contributed by atoms with E-state index in [1.165, 1.54) is 0 Å². The third kappa shape index (κ3) is 5.98. The van der Waals surface area contributed by atoms with Crippen LogP contribution in [0.25, 0.3) is 0 Å². The van der Waals surface area contributed by atoms with Crippen molar-refractivity contribution in [2.75, 3.05) is 44.6 Å². The Hall–Kier alpha value is -1.01. The van der Waals surface area contributed by atoms with Crippen molar-refractivity contribution in [2.45, 2.75) is 33.1 Å². The van der Waals surface area contributed by atoms with Gasteiger partial charge >= 0.3 is 0 Å². The van der Waals surface area contributed by atoms with Gasteiger partial charge in [0.2, 0.25) is 5.91 Å². The predicted molar refractivity (Wildman–Crippen MR) is 115 cm³/mol. The fourth-order valence-electron chi connectivity index (χ4n) is 3.94. The minimum Gasteiger partial charge on any atom is -0.490 e. The molecule has 2 fully saturated rings. The topological polar surface area (TPSA) is 53.6 Å². The molecule has 1 amide bonds. The lowest BCUT2D eigenvalue weighted by molar-refractivity contribution is -0.118. The van der Waals surface area contributed by atoms with Crippen LogP contribution in [0.2, 0.25) is 0 Å². The van der Waals surface area contributed by atoms with E-state index in [0.717, 1.165) is 63.4 Å². The standard InChI is InChI=1S/C20H31N3O2.2ClH/c1-3-23(4-2)13-14-25-18-8-6-5-7-17(18)22-19(24)16-15-20(16)9-11-21-12-10-20;;/h5-8,16,21H,3-4,9-15H2,1-2H3,(H,22,24);2*1H. The van der Waals surface area contributed by atoms with Crippen LogP contribution < -0.4 is 15.4 Å². The number of anilines is 1. The SMILES string of the molecule is CCN(CC)CCOc1ccccc1NC(=O)C1CC12CCNCC2.Cl.Cl. The van der Waals surface area contributed by atoms with Crippen LogP contribution in [0, 0.1) is 11.3 Å². The van der Waals surface area contributed by atoms with E-state index < -0.39 is 0 Å². The van der Waals surface area contributed by atoms with Crippen LogP contribution in [0.5, 0.6) is 5.75 Å². The summed E-state index contributed by atoms with van der Waals surface area (Å²) in [6.07, 6.45) is 3.27. The van der Waals surface area contributed by atoms with Gasteiger partial charge in [-0.2, -0.15) is 0 Å². The fraction of sp³-hybridized carbons (Fsp3) is 0.650. The van der Waals surface area contributed by atoms with Crippen molar-refractivity contribution in [3.05, 3.63) is 24.3 Å². The van der Waals surface area contributed by atoms with E-state index in [1.54, 1.807) is 0 Å². The summed E-state index contributed by atoms with van der Waals surface area (Å²) in [6, 6.07) is 7.76. The van der Waals surface area contributed by atoms with Crippen LogP contribution in [-0.2, 0) is 4.79 Å². The number of piperidine rings is 1. The molecule has 2 aliphatic rings. The second-order valence-electron chi connectivity index (χ2n) is 7.23. The zero-order valence-electron chi connectivity index (χ0n) is 16.3. The molecule has 1 aliphatic heterocycles. The molecule has 0 radical (unpaired) electrons. The van der Waals surface area contributed by atoms with Crippen molar-refractivity contribution in [2.24, 2.45) is 11.3 Å². The first-order valence-electron chi connectivity index (χ1n) is 9.64. The summed E-state index contributed by atoms with van der Waals surface area (Å²) in [7, 11) is 0. The van der Waals surface area contributed by atoms with Crippen molar-refractivity contribution in [1.82, 2.24) is 10.2 Å². The molecular weight excluding hydrogens is 385 g/mol. The third-order valence-corrected chi connectivity index (χ3v) is 5.81. The van der Waals surface area contributed by atoms with Gasteiger partial charge in [-0.05, 0) is 63.0 Å². The highest BCUT2D eigenvalue weighted by Crippen LogP contribution is 2.58. The maximum atomic E-state index is 12.7. The van der Waals surface area contributed by atoms with Gasteiger partial charge in [-0.3, -0.25) is 4.79 Å². The first-order chi connectivity index (χ1) is 12.2. The van der Waals surface area contributed by atoms with Crippen molar-refractivity contribution in [1.29, 1.82) is 0 Å². The Kier molecular flexibility index (Phi) is 9.88. The lowest BCUT2D eigenvalue weighted by Gasteiger charge is -2.23. The molecule has 1 atom stereocenters. The van der Waals surface area contributed by atoms with Gasteiger partial charge in [0.15, 0.2) is 0 Å². The summed E-state index contributed by atoms with van der Waals surface area (Å²) in [5.41, 5.74) is 1.05. The molecule has 2 N–H and O–H groups in total. The Morgan fingerprint density at radius 1 is 1.22 bits per heavy atom. The highest BCUT2D eigenvalue weighted by Gasteiger charge is 2.57. The van der Waals surface area contributed by atoms with E-state index in [9.17, 15) is 4.79 Å². The monoisotopic (exact) mass is 417 g/mol. The van der Waals surface area contributed by atoms with Crippen molar-refractivity contribution in [3.63, 3.8) is 0 Å². The molecule has 0 bridgehead atoms. The average Bonchev–Trinajstić information content (AvgIpc) is 3.33. The highest BCUT2D eigenvalue weighted by atomic mass is 35.5. The highest BCUT2D eigenvalue weighted by molar-refractivity contribution is 5.96. The predicted octanol–water partition coefficient (Wildman–Crippen LogP) is 3.58. The zero-order chi connectivity index (χ0) is 17.7. The number of carbonyl (C=O) groups is 1. The maximum Gasteiger partial charge on any atom is 0.228 e. The van der Waals surface area contributed by atoms with Crippen LogP contribution in [0.15, 0.2) is 24.3 Å². The first-order valence-corrected chi connectivity index (χ1v) is 9.64. The van der Waals surface area contributed by atoms with E-state index in [-0.39, 0.29) is 42.1 Å². The molecule has 1 aromatic carbocycles. The molecule has 0 aromatic heterocycles. The van der Waals surface area contributed by atoms with Crippen LogP contribution >= 0.6 is 24.8 Å². The van der Waals surface area contributed by atoms with Gasteiger partial charge < -0.3 is 20.3 Å². The fourth-order valence-corrected chi connectivity index (χ4v) is 3.94. The average molecular weight is 418 g/mol. The zero-order valence-corrected chi connectivity index (χ0v) is 18.0. The largest absolute Gasteiger partial charge is 0.490 e. The van der Waals surface area contributed by atoms with Crippen LogP contribution in [0.1, 0.15) is 33.1 Å². The van der Waals surface area contributed by atoms with E-state index in [0.29, 0.717) is 6.61 Å². The van der Waals surface area contributed by atoms with Gasteiger partial charge in [-0.15, -0.1) is 24.8 Å². The molecule has 27 heavy (non-hydrogen) atoms. The normalized spacial score (nSPS) is 19.7. The number of ether oxygens (including phenoxy) is 1. The second kappa shape index (κ2) is 11.1. The summed E-state index contributed by atoms with van der Waals surface area (Å²) < 4.78 is 5.94. The van der Waals surface area contributed by atoms with Gasteiger partial charge in [-0.1, -0.05) is 26.0 Å². The number of para-hydroxylation sites is 2. The summed E-state index contributed by atoms with van der Waals surface area (Å²) in [6.45, 7) is 9.97. The quantitative estimate of drug-likeness (QED) is 0.678. The molecule has 1 unspecified atom stereocenters. The van der Waals surface area contributed by atoms with Gasteiger partial charge in [0.1, 0.15) is 12.4 Å². The summed E-state index contributed by atoms with van der Waals surface area (Å²) in [5.74, 6) is 1.09. The number of hydrogen-bond donors (Lipinski definition) is 2. The minimum absolute atomic E-state index is 0. The molecule has 1 saturated carbocycles. The maximum absolute atomic E-state index is 12.7. The molecule has 7 heteroatoms. The smallest absolute Gasteiger partial charge is 0.228 e. The van der Waals surface area contributed by atoms with Gasteiger partial charge in [0.05, 0.1) is 5.69 Å². The van der Waals surface area contributed by atoms with Gasteiger partial charge in [-0.25, -0.2) is 0 Å². The van der Waals surface area contributed by atoms with Crippen LogP contribution in [0.3, 0.4) is 0 Å². The summed E-state index contributed by atoms with van der Waals surface area (Å²) in [5, 5.41) is 6.50. The molecule has 1 spiro atoms. The lowest BCUT2D eigenvalue weighted by Crippen LogP contribution is -2.31. The lowest BCUT2D eigenvalue weighted by atomic mass is 9.92. The van der Waals surface area contributed by atoms with Crippen LogP contribution in [-0.4, -0.2) is 50.1 Å². The Morgan fingerprint density at radius 3 is 2.56 bits per heavy atom. The Bertz CT molecular complexity index is 590. The van der Waals surface area contributed by atoms with Crippen LogP contribution in [0.4, 0.5) is 5.69 Å². The molecule has 154 valence electrons. The van der Waals surface area contributed by atoms with Crippen molar-refractivity contribution < 1.29 is 9.53 Å². The molecule has 1 heterocycles. The van der Waals surface area contributed by atoms with E-state index >= 15 is 0 Å². The number of halogens is 2. The number of nitrogens with zero attached hydrogens (tertiary/aromatic N) is 1. The molecule has 1 aromatic rings. The molecule has 5 nitrogen and oxygen atoms in total. The van der Waals surface area contributed by atoms with Gasteiger partial charge in [0, 0.05) is 12.5 Å². The van der Waals surface area contributed by atoms with E-state index in [2.05, 4.69) is 29.4 Å². The van der Waals surface area contributed by atoms with Gasteiger partial charge in [0.25, 0.3) is 0 Å². The summed E-state index contributed by atoms with van der Waals surface area (Å²) >= 11 is 0. The number of carbonyl (C=O) groups excluding carboxylic acids is 1.